The number of benzene rings is 2. The SMILES string of the molecule is COc1ccc(C(C)CSc2cccc(OC)c2)cc1. The molecule has 0 heterocycles. The Balaban J connectivity index is 1.95. The summed E-state index contributed by atoms with van der Waals surface area (Å²) < 4.78 is 10.4. The molecule has 0 saturated heterocycles. The summed E-state index contributed by atoms with van der Waals surface area (Å²) in [6, 6.07) is 16.5. The van der Waals surface area contributed by atoms with E-state index in [4.69, 9.17) is 9.47 Å². The van der Waals surface area contributed by atoms with E-state index in [1.807, 2.05) is 36.0 Å². The van der Waals surface area contributed by atoms with Crippen LogP contribution in [0.15, 0.2) is 53.4 Å². The van der Waals surface area contributed by atoms with Crippen LogP contribution in [-0.4, -0.2) is 20.0 Å². The monoisotopic (exact) mass is 288 g/mol. The van der Waals surface area contributed by atoms with Crippen molar-refractivity contribution in [2.45, 2.75) is 17.7 Å². The summed E-state index contributed by atoms with van der Waals surface area (Å²) in [6.07, 6.45) is 0. The lowest BCUT2D eigenvalue weighted by Gasteiger charge is -2.12. The van der Waals surface area contributed by atoms with E-state index in [1.165, 1.54) is 10.5 Å². The van der Waals surface area contributed by atoms with Gasteiger partial charge in [-0.2, -0.15) is 0 Å². The highest BCUT2D eigenvalue weighted by Crippen LogP contribution is 2.28. The average molecular weight is 288 g/mol. The Labute approximate surface area is 125 Å². The van der Waals surface area contributed by atoms with E-state index >= 15 is 0 Å². The van der Waals surface area contributed by atoms with Crippen LogP contribution in [0.1, 0.15) is 18.4 Å². The Morgan fingerprint density at radius 2 is 1.65 bits per heavy atom. The molecule has 0 aliphatic rings. The zero-order valence-corrected chi connectivity index (χ0v) is 12.9. The highest BCUT2D eigenvalue weighted by atomic mass is 32.2. The molecule has 1 unspecified atom stereocenters. The summed E-state index contributed by atoms with van der Waals surface area (Å²) in [7, 11) is 3.39. The van der Waals surface area contributed by atoms with Crippen molar-refractivity contribution in [3.8, 4) is 11.5 Å². The predicted molar refractivity (Wildman–Crippen MR) is 85.1 cm³/mol. The minimum absolute atomic E-state index is 0.497. The molecule has 2 nitrogen and oxygen atoms in total. The average Bonchev–Trinajstić information content (AvgIpc) is 2.53. The van der Waals surface area contributed by atoms with E-state index in [2.05, 4.69) is 31.2 Å². The van der Waals surface area contributed by atoms with Gasteiger partial charge in [-0.15, -0.1) is 11.8 Å². The normalized spacial score (nSPS) is 11.9. The van der Waals surface area contributed by atoms with Gasteiger partial charge in [0.15, 0.2) is 0 Å². The zero-order valence-electron chi connectivity index (χ0n) is 12.1. The maximum absolute atomic E-state index is 5.24. The molecule has 20 heavy (non-hydrogen) atoms. The van der Waals surface area contributed by atoms with Crippen molar-refractivity contribution in [3.63, 3.8) is 0 Å². The van der Waals surface area contributed by atoms with Crippen LogP contribution in [0.2, 0.25) is 0 Å². The van der Waals surface area contributed by atoms with Gasteiger partial charge in [0.2, 0.25) is 0 Å². The molecule has 0 saturated carbocycles. The zero-order chi connectivity index (χ0) is 14.4. The molecule has 0 bridgehead atoms. The molecule has 0 amide bonds. The Morgan fingerprint density at radius 1 is 0.950 bits per heavy atom. The lowest BCUT2D eigenvalue weighted by molar-refractivity contribution is 0.413. The van der Waals surface area contributed by atoms with Gasteiger partial charge >= 0.3 is 0 Å². The van der Waals surface area contributed by atoms with Gasteiger partial charge in [-0.3, -0.25) is 0 Å². The standard InChI is InChI=1S/C17H20O2S/c1-13(14-7-9-15(18-2)10-8-14)12-20-17-6-4-5-16(11-17)19-3/h4-11,13H,12H2,1-3H3. The highest BCUT2D eigenvalue weighted by Gasteiger charge is 2.07. The van der Waals surface area contributed by atoms with Crippen molar-refractivity contribution in [2.24, 2.45) is 0 Å². The summed E-state index contributed by atoms with van der Waals surface area (Å²) in [5, 5.41) is 0. The van der Waals surface area contributed by atoms with Crippen LogP contribution < -0.4 is 9.47 Å². The quantitative estimate of drug-likeness (QED) is 0.724. The van der Waals surface area contributed by atoms with Gasteiger partial charge in [0.25, 0.3) is 0 Å². The second kappa shape index (κ2) is 7.25. The maximum atomic E-state index is 5.24. The Kier molecular flexibility index (Phi) is 5.36. The van der Waals surface area contributed by atoms with Crippen LogP contribution in [-0.2, 0) is 0 Å². The van der Waals surface area contributed by atoms with Gasteiger partial charge in [-0.25, -0.2) is 0 Å². The smallest absolute Gasteiger partial charge is 0.119 e. The third kappa shape index (κ3) is 3.94. The fourth-order valence-corrected chi connectivity index (χ4v) is 2.95. The molecule has 0 radical (unpaired) electrons. The lowest BCUT2D eigenvalue weighted by atomic mass is 10.0. The Hall–Kier alpha value is -1.61. The largest absolute Gasteiger partial charge is 0.497 e. The first-order valence-electron chi connectivity index (χ1n) is 6.63. The van der Waals surface area contributed by atoms with Crippen molar-refractivity contribution in [1.82, 2.24) is 0 Å². The molecule has 0 N–H and O–H groups in total. The van der Waals surface area contributed by atoms with E-state index < -0.39 is 0 Å². The fraction of sp³-hybridized carbons (Fsp3) is 0.294. The van der Waals surface area contributed by atoms with E-state index in [0.717, 1.165) is 17.3 Å². The van der Waals surface area contributed by atoms with Gasteiger partial charge in [0, 0.05) is 10.6 Å². The summed E-state index contributed by atoms with van der Waals surface area (Å²) in [5.41, 5.74) is 1.33. The van der Waals surface area contributed by atoms with Gasteiger partial charge in [0.1, 0.15) is 11.5 Å². The van der Waals surface area contributed by atoms with Crippen molar-refractivity contribution in [2.75, 3.05) is 20.0 Å². The number of hydrogen-bond acceptors (Lipinski definition) is 3. The van der Waals surface area contributed by atoms with Crippen molar-refractivity contribution in [3.05, 3.63) is 54.1 Å². The van der Waals surface area contributed by atoms with Crippen LogP contribution in [0, 0.1) is 0 Å². The molecule has 0 aliphatic carbocycles. The third-order valence-electron chi connectivity index (χ3n) is 3.23. The summed E-state index contributed by atoms with van der Waals surface area (Å²) >= 11 is 1.85. The highest BCUT2D eigenvalue weighted by molar-refractivity contribution is 7.99. The predicted octanol–water partition coefficient (Wildman–Crippen LogP) is 4.60. The van der Waals surface area contributed by atoms with Crippen molar-refractivity contribution >= 4 is 11.8 Å². The number of ether oxygens (including phenoxy) is 2. The lowest BCUT2D eigenvalue weighted by Crippen LogP contribution is -1.97. The maximum Gasteiger partial charge on any atom is 0.119 e. The number of rotatable bonds is 6. The first-order valence-corrected chi connectivity index (χ1v) is 7.62. The molecule has 2 rings (SSSR count). The first kappa shape index (κ1) is 14.8. The molecule has 0 aliphatic heterocycles. The topological polar surface area (TPSA) is 18.5 Å². The number of hydrogen-bond donors (Lipinski definition) is 0. The van der Waals surface area contributed by atoms with Crippen LogP contribution in [0.3, 0.4) is 0 Å². The second-order valence-electron chi connectivity index (χ2n) is 4.66. The Bertz CT molecular complexity index is 537. The summed E-state index contributed by atoms with van der Waals surface area (Å²) in [4.78, 5) is 1.24. The van der Waals surface area contributed by atoms with Crippen LogP contribution in [0.5, 0.6) is 11.5 Å². The van der Waals surface area contributed by atoms with Gasteiger partial charge in [-0.1, -0.05) is 25.1 Å². The minimum Gasteiger partial charge on any atom is -0.497 e. The minimum atomic E-state index is 0.497. The van der Waals surface area contributed by atoms with Crippen molar-refractivity contribution < 1.29 is 9.47 Å². The van der Waals surface area contributed by atoms with Crippen LogP contribution in [0.4, 0.5) is 0 Å². The van der Waals surface area contributed by atoms with Gasteiger partial charge in [-0.05, 0) is 41.8 Å². The first-order chi connectivity index (χ1) is 9.72. The second-order valence-corrected chi connectivity index (χ2v) is 5.76. The molecule has 0 aromatic heterocycles. The van der Waals surface area contributed by atoms with Crippen LogP contribution in [0.25, 0.3) is 0 Å². The molecular formula is C17H20O2S. The molecule has 106 valence electrons. The number of methoxy groups -OCH3 is 2. The van der Waals surface area contributed by atoms with Gasteiger partial charge in [0.05, 0.1) is 14.2 Å². The molecule has 1 atom stereocenters. The van der Waals surface area contributed by atoms with Crippen LogP contribution >= 0.6 is 11.8 Å². The molecular weight excluding hydrogens is 268 g/mol. The molecule has 0 spiro atoms. The van der Waals surface area contributed by atoms with E-state index in [9.17, 15) is 0 Å². The number of thioether (sulfide) groups is 1. The molecule has 2 aromatic rings. The fourth-order valence-electron chi connectivity index (χ4n) is 1.94. The van der Waals surface area contributed by atoms with Crippen molar-refractivity contribution in [1.29, 1.82) is 0 Å². The molecule has 3 heteroatoms. The summed E-state index contributed by atoms with van der Waals surface area (Å²) in [5.74, 6) is 3.35. The summed E-state index contributed by atoms with van der Waals surface area (Å²) in [6.45, 7) is 2.25. The van der Waals surface area contributed by atoms with E-state index in [-0.39, 0.29) is 0 Å². The Morgan fingerprint density at radius 3 is 2.30 bits per heavy atom. The van der Waals surface area contributed by atoms with E-state index in [1.54, 1.807) is 14.2 Å². The molecule has 2 aromatic carbocycles. The van der Waals surface area contributed by atoms with E-state index in [0.29, 0.717) is 5.92 Å². The van der Waals surface area contributed by atoms with Gasteiger partial charge < -0.3 is 9.47 Å². The third-order valence-corrected chi connectivity index (χ3v) is 4.48. The molecule has 0 fully saturated rings.